The molecule has 0 radical (unpaired) electrons. The molecule has 0 unspecified atom stereocenters. The SMILES string of the molecule is COCCCNc1ccccc1N(C)C. The van der Waals surface area contributed by atoms with E-state index in [1.54, 1.807) is 7.11 Å². The Kier molecular flexibility index (Phi) is 4.98. The second-order valence-corrected chi connectivity index (χ2v) is 3.68. The van der Waals surface area contributed by atoms with E-state index in [0.717, 1.165) is 19.6 Å². The first-order valence-electron chi connectivity index (χ1n) is 5.25. The Morgan fingerprint density at radius 2 is 2.00 bits per heavy atom. The fourth-order valence-corrected chi connectivity index (χ4v) is 1.45. The number of para-hydroxylation sites is 2. The first-order chi connectivity index (χ1) is 7.25. The van der Waals surface area contributed by atoms with Crippen molar-refractivity contribution in [2.75, 3.05) is 44.6 Å². The maximum absolute atomic E-state index is 5.01. The molecule has 0 aromatic heterocycles. The molecule has 0 fully saturated rings. The molecule has 0 saturated heterocycles. The average molecular weight is 208 g/mol. The van der Waals surface area contributed by atoms with Gasteiger partial charge in [-0.2, -0.15) is 0 Å². The van der Waals surface area contributed by atoms with Crippen LogP contribution < -0.4 is 10.2 Å². The molecule has 0 bridgehead atoms. The maximum Gasteiger partial charge on any atom is 0.0596 e. The van der Waals surface area contributed by atoms with Gasteiger partial charge in [-0.1, -0.05) is 12.1 Å². The molecule has 1 rings (SSSR count). The van der Waals surface area contributed by atoms with Crippen LogP contribution in [0, 0.1) is 0 Å². The van der Waals surface area contributed by atoms with Crippen LogP contribution in [0.3, 0.4) is 0 Å². The molecule has 0 aliphatic rings. The summed E-state index contributed by atoms with van der Waals surface area (Å²) in [5.41, 5.74) is 2.40. The van der Waals surface area contributed by atoms with Gasteiger partial charge in [0.15, 0.2) is 0 Å². The molecule has 0 aliphatic heterocycles. The molecule has 84 valence electrons. The Labute approximate surface area is 92.0 Å². The number of hydrogen-bond acceptors (Lipinski definition) is 3. The van der Waals surface area contributed by atoms with Crippen molar-refractivity contribution in [1.29, 1.82) is 0 Å². The van der Waals surface area contributed by atoms with E-state index in [9.17, 15) is 0 Å². The molecule has 15 heavy (non-hydrogen) atoms. The summed E-state index contributed by atoms with van der Waals surface area (Å²) >= 11 is 0. The molecule has 0 aliphatic carbocycles. The van der Waals surface area contributed by atoms with Crippen molar-refractivity contribution < 1.29 is 4.74 Å². The molecule has 1 N–H and O–H groups in total. The molecule has 1 aromatic carbocycles. The van der Waals surface area contributed by atoms with E-state index in [-0.39, 0.29) is 0 Å². The second-order valence-electron chi connectivity index (χ2n) is 3.68. The number of anilines is 2. The van der Waals surface area contributed by atoms with E-state index in [1.807, 2.05) is 6.07 Å². The molecule has 0 spiro atoms. The van der Waals surface area contributed by atoms with Crippen molar-refractivity contribution in [3.63, 3.8) is 0 Å². The van der Waals surface area contributed by atoms with Crippen LogP contribution in [0.4, 0.5) is 11.4 Å². The molecule has 0 heterocycles. The highest BCUT2D eigenvalue weighted by atomic mass is 16.5. The van der Waals surface area contributed by atoms with E-state index < -0.39 is 0 Å². The number of hydrogen-bond donors (Lipinski definition) is 1. The largest absolute Gasteiger partial charge is 0.385 e. The Hall–Kier alpha value is -1.22. The number of rotatable bonds is 6. The van der Waals surface area contributed by atoms with Gasteiger partial charge in [0.1, 0.15) is 0 Å². The van der Waals surface area contributed by atoms with Crippen molar-refractivity contribution in [1.82, 2.24) is 0 Å². The summed E-state index contributed by atoms with van der Waals surface area (Å²) in [6.45, 7) is 1.75. The zero-order chi connectivity index (χ0) is 11.1. The summed E-state index contributed by atoms with van der Waals surface area (Å²) < 4.78 is 5.01. The molecule has 0 amide bonds. The average Bonchev–Trinajstić information content (AvgIpc) is 2.25. The quantitative estimate of drug-likeness (QED) is 0.725. The summed E-state index contributed by atoms with van der Waals surface area (Å²) in [7, 11) is 5.83. The summed E-state index contributed by atoms with van der Waals surface area (Å²) in [6.07, 6.45) is 1.03. The van der Waals surface area contributed by atoms with E-state index in [0.29, 0.717) is 0 Å². The zero-order valence-corrected chi connectivity index (χ0v) is 9.79. The van der Waals surface area contributed by atoms with Crippen LogP contribution in [-0.2, 0) is 4.74 Å². The topological polar surface area (TPSA) is 24.5 Å². The van der Waals surface area contributed by atoms with Crippen LogP contribution in [0.5, 0.6) is 0 Å². The van der Waals surface area contributed by atoms with Gasteiger partial charge < -0.3 is 15.0 Å². The number of nitrogens with one attached hydrogen (secondary N) is 1. The predicted octanol–water partition coefficient (Wildman–Crippen LogP) is 2.20. The minimum absolute atomic E-state index is 0.803. The van der Waals surface area contributed by atoms with Crippen LogP contribution in [-0.4, -0.2) is 34.4 Å². The Balaban J connectivity index is 2.52. The molecule has 0 saturated carbocycles. The first-order valence-corrected chi connectivity index (χ1v) is 5.25. The predicted molar refractivity (Wildman–Crippen MR) is 65.8 cm³/mol. The molecular formula is C12H20N2O. The van der Waals surface area contributed by atoms with Gasteiger partial charge in [0.25, 0.3) is 0 Å². The maximum atomic E-state index is 5.01. The van der Waals surface area contributed by atoms with Crippen molar-refractivity contribution in [2.45, 2.75) is 6.42 Å². The third kappa shape index (κ3) is 3.80. The normalized spacial score (nSPS) is 10.1. The van der Waals surface area contributed by atoms with Gasteiger partial charge >= 0.3 is 0 Å². The Morgan fingerprint density at radius 3 is 2.67 bits per heavy atom. The van der Waals surface area contributed by atoms with Gasteiger partial charge in [0, 0.05) is 34.4 Å². The second kappa shape index (κ2) is 6.30. The lowest BCUT2D eigenvalue weighted by Crippen LogP contribution is -2.13. The van der Waals surface area contributed by atoms with E-state index in [1.165, 1.54) is 11.4 Å². The van der Waals surface area contributed by atoms with Gasteiger partial charge in [0.05, 0.1) is 11.4 Å². The van der Waals surface area contributed by atoms with Crippen molar-refractivity contribution >= 4 is 11.4 Å². The number of benzene rings is 1. The number of methoxy groups -OCH3 is 1. The van der Waals surface area contributed by atoms with Crippen LogP contribution in [0.1, 0.15) is 6.42 Å². The lowest BCUT2D eigenvalue weighted by Gasteiger charge is -2.18. The summed E-state index contributed by atoms with van der Waals surface area (Å²) in [5.74, 6) is 0. The first kappa shape index (κ1) is 11.9. The van der Waals surface area contributed by atoms with Gasteiger partial charge in [-0.3, -0.25) is 0 Å². The van der Waals surface area contributed by atoms with Crippen LogP contribution >= 0.6 is 0 Å². The number of nitrogens with zero attached hydrogens (tertiary/aromatic N) is 1. The van der Waals surface area contributed by atoms with Gasteiger partial charge in [-0.05, 0) is 18.6 Å². The fourth-order valence-electron chi connectivity index (χ4n) is 1.45. The smallest absolute Gasteiger partial charge is 0.0596 e. The summed E-state index contributed by atoms with van der Waals surface area (Å²) in [4.78, 5) is 2.11. The molecule has 3 heteroatoms. The molecule has 0 atom stereocenters. The van der Waals surface area contributed by atoms with Gasteiger partial charge in [-0.25, -0.2) is 0 Å². The van der Waals surface area contributed by atoms with Crippen LogP contribution in [0.25, 0.3) is 0 Å². The summed E-state index contributed by atoms with van der Waals surface area (Å²) in [6, 6.07) is 8.31. The highest BCUT2D eigenvalue weighted by molar-refractivity contribution is 5.69. The third-order valence-electron chi connectivity index (χ3n) is 2.23. The molecule has 3 nitrogen and oxygen atoms in total. The lowest BCUT2D eigenvalue weighted by molar-refractivity contribution is 0.198. The van der Waals surface area contributed by atoms with Crippen LogP contribution in [0.2, 0.25) is 0 Å². The highest BCUT2D eigenvalue weighted by Crippen LogP contribution is 2.22. The minimum Gasteiger partial charge on any atom is -0.385 e. The minimum atomic E-state index is 0.803. The Bertz CT molecular complexity index is 287. The van der Waals surface area contributed by atoms with Gasteiger partial charge in [0.2, 0.25) is 0 Å². The molecule has 1 aromatic rings. The van der Waals surface area contributed by atoms with Crippen molar-refractivity contribution in [3.8, 4) is 0 Å². The third-order valence-corrected chi connectivity index (χ3v) is 2.23. The Morgan fingerprint density at radius 1 is 1.27 bits per heavy atom. The number of ether oxygens (including phenoxy) is 1. The van der Waals surface area contributed by atoms with Crippen molar-refractivity contribution in [3.05, 3.63) is 24.3 Å². The van der Waals surface area contributed by atoms with E-state index in [2.05, 4.69) is 42.5 Å². The van der Waals surface area contributed by atoms with Gasteiger partial charge in [-0.15, -0.1) is 0 Å². The monoisotopic (exact) mass is 208 g/mol. The van der Waals surface area contributed by atoms with E-state index >= 15 is 0 Å². The fraction of sp³-hybridized carbons (Fsp3) is 0.500. The summed E-state index contributed by atoms with van der Waals surface area (Å²) in [5, 5.41) is 3.41. The van der Waals surface area contributed by atoms with Crippen molar-refractivity contribution in [2.24, 2.45) is 0 Å². The molecular weight excluding hydrogens is 188 g/mol. The lowest BCUT2D eigenvalue weighted by atomic mass is 10.2. The van der Waals surface area contributed by atoms with Crippen LogP contribution in [0.15, 0.2) is 24.3 Å². The standard InChI is InChI=1S/C12H20N2O/c1-14(2)12-8-5-4-7-11(12)13-9-6-10-15-3/h4-5,7-8,13H,6,9-10H2,1-3H3. The van der Waals surface area contributed by atoms with E-state index in [4.69, 9.17) is 4.74 Å². The zero-order valence-electron chi connectivity index (χ0n) is 9.79. The highest BCUT2D eigenvalue weighted by Gasteiger charge is 2.01.